The molecule has 1 heterocycles. The zero-order valence-electron chi connectivity index (χ0n) is 10.2. The highest BCUT2D eigenvalue weighted by Crippen LogP contribution is 2.30. The molecule has 5 nitrogen and oxygen atoms in total. The van der Waals surface area contributed by atoms with E-state index in [0.29, 0.717) is 0 Å². The molecule has 1 aromatic rings. The number of anilines is 1. The maximum absolute atomic E-state index is 13.8. The third kappa shape index (κ3) is 2.43. The summed E-state index contributed by atoms with van der Waals surface area (Å²) in [7, 11) is -4.13. The Morgan fingerprint density at radius 3 is 2.58 bits per heavy atom. The molecule has 3 N–H and O–H groups in total. The summed E-state index contributed by atoms with van der Waals surface area (Å²) in [4.78, 5) is -0.677. The molecule has 1 aliphatic rings. The number of β-amino-alcohol motifs (C(OH)–C–C–N with tert-alkyl or cyclic N) is 1. The van der Waals surface area contributed by atoms with Crippen molar-refractivity contribution in [3.8, 4) is 0 Å². The molecule has 1 atom stereocenters. The van der Waals surface area contributed by atoms with Crippen LogP contribution in [0.3, 0.4) is 0 Å². The summed E-state index contributed by atoms with van der Waals surface area (Å²) in [5.74, 6) is -2.31. The van der Waals surface area contributed by atoms with E-state index in [4.69, 9.17) is 5.73 Å². The second-order valence-electron chi connectivity index (χ2n) is 4.86. The maximum atomic E-state index is 13.8. The number of rotatable bonds is 2. The normalized spacial score (nSPS) is 24.8. The van der Waals surface area contributed by atoms with Gasteiger partial charge in [-0.1, -0.05) is 0 Å². The van der Waals surface area contributed by atoms with Crippen LogP contribution in [0.5, 0.6) is 0 Å². The average Bonchev–Trinajstić information content (AvgIpc) is 2.67. The zero-order valence-corrected chi connectivity index (χ0v) is 11.0. The smallest absolute Gasteiger partial charge is 0.246 e. The second-order valence-corrected chi connectivity index (χ2v) is 6.77. The van der Waals surface area contributed by atoms with E-state index in [1.807, 2.05) is 0 Å². The molecule has 8 heteroatoms. The molecule has 0 bridgehead atoms. The van der Waals surface area contributed by atoms with Crippen LogP contribution >= 0.6 is 0 Å². The van der Waals surface area contributed by atoms with Gasteiger partial charge in [-0.3, -0.25) is 0 Å². The first-order chi connectivity index (χ1) is 8.65. The van der Waals surface area contributed by atoms with Crippen LogP contribution in [0.4, 0.5) is 14.5 Å². The van der Waals surface area contributed by atoms with E-state index in [1.54, 1.807) is 0 Å². The third-order valence-electron chi connectivity index (χ3n) is 3.13. The van der Waals surface area contributed by atoms with Crippen LogP contribution in [0.15, 0.2) is 17.0 Å². The summed E-state index contributed by atoms with van der Waals surface area (Å²) in [6.45, 7) is 1.44. The topological polar surface area (TPSA) is 83.6 Å². The molecule has 1 unspecified atom stereocenters. The van der Waals surface area contributed by atoms with Gasteiger partial charge in [0.05, 0.1) is 5.60 Å². The number of benzene rings is 1. The highest BCUT2D eigenvalue weighted by molar-refractivity contribution is 7.89. The fraction of sp³-hybridized carbons (Fsp3) is 0.455. The van der Waals surface area contributed by atoms with Gasteiger partial charge in [-0.15, -0.1) is 0 Å². The number of nitrogens with zero attached hydrogens (tertiary/aromatic N) is 1. The molecule has 0 aliphatic carbocycles. The molecule has 1 aliphatic heterocycles. The van der Waals surface area contributed by atoms with Crippen molar-refractivity contribution in [3.63, 3.8) is 0 Å². The molecule has 1 saturated heterocycles. The van der Waals surface area contributed by atoms with Crippen molar-refractivity contribution in [2.45, 2.75) is 23.8 Å². The maximum Gasteiger partial charge on any atom is 0.246 e. The summed E-state index contributed by atoms with van der Waals surface area (Å²) >= 11 is 0. The van der Waals surface area contributed by atoms with E-state index < -0.39 is 37.8 Å². The first-order valence-corrected chi connectivity index (χ1v) is 7.05. The minimum Gasteiger partial charge on any atom is -0.394 e. The number of hydrogen-bond acceptors (Lipinski definition) is 4. The number of nitrogen functional groups attached to an aromatic ring is 1. The van der Waals surface area contributed by atoms with Crippen LogP contribution in [0.1, 0.15) is 13.3 Å². The summed E-state index contributed by atoms with van der Waals surface area (Å²) in [5, 5.41) is 9.76. The Morgan fingerprint density at radius 2 is 2.05 bits per heavy atom. The first kappa shape index (κ1) is 14.2. The molecular weight excluding hydrogens is 278 g/mol. The van der Waals surface area contributed by atoms with Crippen LogP contribution in [-0.4, -0.2) is 36.5 Å². The Bertz CT molecular complexity index is 617. The van der Waals surface area contributed by atoms with Crippen LogP contribution < -0.4 is 5.73 Å². The number of hydrogen-bond donors (Lipinski definition) is 2. The summed E-state index contributed by atoms with van der Waals surface area (Å²) in [5.41, 5.74) is 3.18. The van der Waals surface area contributed by atoms with Gasteiger partial charge in [0, 0.05) is 13.1 Å². The second kappa shape index (κ2) is 4.39. The quantitative estimate of drug-likeness (QED) is 0.786. The fourth-order valence-electron chi connectivity index (χ4n) is 2.00. The minimum absolute atomic E-state index is 0.0755. The van der Waals surface area contributed by atoms with Gasteiger partial charge < -0.3 is 10.8 Å². The van der Waals surface area contributed by atoms with E-state index in [-0.39, 0.29) is 19.5 Å². The Labute approximate surface area is 109 Å². The predicted molar refractivity (Wildman–Crippen MR) is 64.8 cm³/mol. The Morgan fingerprint density at radius 1 is 1.42 bits per heavy atom. The van der Waals surface area contributed by atoms with Gasteiger partial charge in [-0.2, -0.15) is 4.31 Å². The molecule has 0 spiro atoms. The Hall–Kier alpha value is -1.25. The summed E-state index contributed by atoms with van der Waals surface area (Å²) < 4.78 is 52.2. The standard InChI is InChI=1S/C11H14F2N2O3S/c1-11(16)4-5-15(6-11)19(17,18)8-3-2-7(12)10(14)9(8)13/h2-3,16H,4-6,14H2,1H3. The Balaban J connectivity index is 2.44. The van der Waals surface area contributed by atoms with Gasteiger partial charge in [0.1, 0.15) is 16.4 Å². The van der Waals surface area contributed by atoms with Crippen molar-refractivity contribution < 1.29 is 22.3 Å². The van der Waals surface area contributed by atoms with Crippen molar-refractivity contribution in [1.82, 2.24) is 4.31 Å². The van der Waals surface area contributed by atoms with E-state index in [9.17, 15) is 22.3 Å². The van der Waals surface area contributed by atoms with Gasteiger partial charge in [-0.25, -0.2) is 17.2 Å². The van der Waals surface area contributed by atoms with E-state index in [2.05, 4.69) is 0 Å². The van der Waals surface area contributed by atoms with Gasteiger partial charge in [0.25, 0.3) is 0 Å². The lowest BCUT2D eigenvalue weighted by molar-refractivity contribution is 0.0762. The summed E-state index contributed by atoms with van der Waals surface area (Å²) in [6, 6.07) is 1.64. The highest BCUT2D eigenvalue weighted by atomic mass is 32.2. The number of nitrogens with two attached hydrogens (primary N) is 1. The van der Waals surface area contributed by atoms with Crippen LogP contribution in [0.2, 0.25) is 0 Å². The van der Waals surface area contributed by atoms with Crippen LogP contribution in [0.25, 0.3) is 0 Å². The van der Waals surface area contributed by atoms with E-state index >= 15 is 0 Å². The molecule has 0 aromatic heterocycles. The molecule has 106 valence electrons. The molecule has 0 amide bonds. The van der Waals surface area contributed by atoms with Crippen molar-refractivity contribution in [2.75, 3.05) is 18.8 Å². The third-order valence-corrected chi connectivity index (χ3v) is 4.99. The number of aliphatic hydroxyl groups is 1. The fourth-order valence-corrected chi connectivity index (χ4v) is 3.63. The summed E-state index contributed by atoms with van der Waals surface area (Å²) in [6.07, 6.45) is 0.254. The van der Waals surface area contributed by atoms with Crippen molar-refractivity contribution >= 4 is 15.7 Å². The number of sulfonamides is 1. The molecule has 0 saturated carbocycles. The molecular formula is C11H14F2N2O3S. The lowest BCUT2D eigenvalue weighted by Gasteiger charge is -2.19. The minimum atomic E-state index is -4.13. The van der Waals surface area contributed by atoms with E-state index in [1.165, 1.54) is 6.92 Å². The molecule has 1 aromatic carbocycles. The van der Waals surface area contributed by atoms with Crippen LogP contribution in [0, 0.1) is 11.6 Å². The monoisotopic (exact) mass is 292 g/mol. The van der Waals surface area contributed by atoms with Gasteiger partial charge in [-0.05, 0) is 25.5 Å². The first-order valence-electron chi connectivity index (χ1n) is 5.61. The average molecular weight is 292 g/mol. The predicted octanol–water partition coefficient (Wildman–Crippen LogP) is 0.692. The molecule has 1 fully saturated rings. The van der Waals surface area contributed by atoms with Crippen molar-refractivity contribution in [1.29, 1.82) is 0 Å². The van der Waals surface area contributed by atoms with E-state index in [0.717, 1.165) is 16.4 Å². The van der Waals surface area contributed by atoms with Crippen molar-refractivity contribution in [3.05, 3.63) is 23.8 Å². The van der Waals surface area contributed by atoms with Crippen LogP contribution in [-0.2, 0) is 10.0 Å². The number of halogens is 2. The SMILES string of the molecule is CC1(O)CCN(S(=O)(=O)c2ccc(F)c(N)c2F)C1. The van der Waals surface area contributed by atoms with Gasteiger partial charge in [0.2, 0.25) is 10.0 Å². The highest BCUT2D eigenvalue weighted by Gasteiger charge is 2.39. The van der Waals surface area contributed by atoms with Crippen molar-refractivity contribution in [2.24, 2.45) is 0 Å². The molecule has 19 heavy (non-hydrogen) atoms. The van der Waals surface area contributed by atoms with Gasteiger partial charge >= 0.3 is 0 Å². The molecule has 2 rings (SSSR count). The van der Waals surface area contributed by atoms with Gasteiger partial charge in [0.15, 0.2) is 5.82 Å². The zero-order chi connectivity index (χ0) is 14.4. The lowest BCUT2D eigenvalue weighted by Crippen LogP contribution is -2.34. The largest absolute Gasteiger partial charge is 0.394 e. The lowest BCUT2D eigenvalue weighted by atomic mass is 10.1. The Kier molecular flexibility index (Phi) is 3.28. The molecule has 0 radical (unpaired) electrons.